The highest BCUT2D eigenvalue weighted by atomic mass is 35.5. The molecule has 0 bridgehead atoms. The Hall–Kier alpha value is -3.11. The molecule has 2 aromatic rings. The van der Waals surface area contributed by atoms with Gasteiger partial charge in [0.25, 0.3) is 5.91 Å². The van der Waals surface area contributed by atoms with Gasteiger partial charge in [0.2, 0.25) is 0 Å². The number of thiophene rings is 1. The predicted octanol–water partition coefficient (Wildman–Crippen LogP) is 2.66. The minimum Gasteiger partial charge on any atom is -0.465 e. The fraction of sp³-hybridized carbons (Fsp3) is 0.222. The average molecular weight is 441 g/mol. The Morgan fingerprint density at radius 1 is 1.10 bits per heavy atom. The number of carbonyl (C=O) groups excluding carboxylic acids is 4. The first-order valence-corrected chi connectivity index (χ1v) is 9.21. The van der Waals surface area contributed by atoms with Gasteiger partial charge in [0, 0.05) is 10.7 Å². The van der Waals surface area contributed by atoms with E-state index in [9.17, 15) is 19.2 Å². The van der Waals surface area contributed by atoms with Gasteiger partial charge < -0.3 is 25.3 Å². The minimum absolute atomic E-state index is 0.0108. The number of nitrogens with one attached hydrogen (secondary N) is 1. The molecule has 0 unspecified atom stereocenters. The van der Waals surface area contributed by atoms with Crippen molar-refractivity contribution >= 4 is 57.4 Å². The summed E-state index contributed by atoms with van der Waals surface area (Å²) in [6, 6.07) is 4.26. The van der Waals surface area contributed by atoms with Crippen molar-refractivity contribution < 1.29 is 33.4 Å². The van der Waals surface area contributed by atoms with E-state index in [4.69, 9.17) is 26.8 Å². The monoisotopic (exact) mass is 440 g/mol. The normalized spacial score (nSPS) is 10.2. The van der Waals surface area contributed by atoms with E-state index in [1.165, 1.54) is 39.3 Å². The van der Waals surface area contributed by atoms with Gasteiger partial charge >= 0.3 is 17.9 Å². The number of anilines is 2. The summed E-state index contributed by atoms with van der Waals surface area (Å²) in [5.41, 5.74) is 6.16. The van der Waals surface area contributed by atoms with Crippen LogP contribution in [-0.4, -0.2) is 44.6 Å². The largest absolute Gasteiger partial charge is 0.465 e. The van der Waals surface area contributed by atoms with Gasteiger partial charge in [-0.3, -0.25) is 4.79 Å². The molecule has 1 aromatic carbocycles. The maximum atomic E-state index is 12.2. The van der Waals surface area contributed by atoms with Crippen molar-refractivity contribution in [1.29, 1.82) is 0 Å². The lowest BCUT2D eigenvalue weighted by molar-refractivity contribution is -0.119. The summed E-state index contributed by atoms with van der Waals surface area (Å²) in [5, 5.41) is 2.78. The SMILES string of the molecule is COC(=O)c1sc(NC(=O)COC(=O)c2cc(Cl)ccc2N)c(C(=O)OC)c1C. The van der Waals surface area contributed by atoms with Gasteiger partial charge in [0.05, 0.1) is 25.3 Å². The van der Waals surface area contributed by atoms with Crippen LogP contribution in [0.25, 0.3) is 0 Å². The number of hydrogen-bond donors (Lipinski definition) is 2. The van der Waals surface area contributed by atoms with E-state index < -0.39 is 30.4 Å². The molecule has 0 fully saturated rings. The summed E-state index contributed by atoms with van der Waals surface area (Å²) >= 11 is 6.66. The molecule has 11 heteroatoms. The molecule has 2 rings (SSSR count). The maximum absolute atomic E-state index is 12.2. The van der Waals surface area contributed by atoms with Crippen LogP contribution >= 0.6 is 22.9 Å². The molecule has 0 radical (unpaired) electrons. The lowest BCUT2D eigenvalue weighted by atomic mass is 10.1. The van der Waals surface area contributed by atoms with Crippen LogP contribution in [0.3, 0.4) is 0 Å². The Labute approximate surface area is 174 Å². The van der Waals surface area contributed by atoms with Crippen molar-refractivity contribution in [2.45, 2.75) is 6.92 Å². The van der Waals surface area contributed by atoms with Crippen molar-refractivity contribution in [3.05, 3.63) is 44.8 Å². The topological polar surface area (TPSA) is 134 Å². The Balaban J connectivity index is 2.16. The van der Waals surface area contributed by atoms with Crippen LogP contribution < -0.4 is 11.1 Å². The lowest BCUT2D eigenvalue weighted by Gasteiger charge is -2.08. The number of nitrogen functional groups attached to an aromatic ring is 1. The molecule has 0 spiro atoms. The second-order valence-electron chi connectivity index (χ2n) is 5.60. The number of carbonyl (C=O) groups is 4. The number of esters is 3. The van der Waals surface area contributed by atoms with E-state index in [1.54, 1.807) is 0 Å². The van der Waals surface area contributed by atoms with Crippen LogP contribution in [0.15, 0.2) is 18.2 Å². The quantitative estimate of drug-likeness (QED) is 0.397. The summed E-state index contributed by atoms with van der Waals surface area (Å²) < 4.78 is 14.3. The zero-order valence-corrected chi connectivity index (χ0v) is 17.2. The number of rotatable bonds is 6. The third kappa shape index (κ3) is 5.04. The standard InChI is InChI=1S/C18H17ClN2O7S/c1-8-13(17(24)26-2)15(29-14(8)18(25)27-3)21-12(22)7-28-16(23)10-6-9(19)4-5-11(10)20/h4-6H,7,20H2,1-3H3,(H,21,22). The molecular formula is C18H17ClN2O7S. The molecule has 0 atom stereocenters. The van der Waals surface area contributed by atoms with Crippen molar-refractivity contribution in [2.75, 3.05) is 31.9 Å². The highest BCUT2D eigenvalue weighted by Gasteiger charge is 2.27. The van der Waals surface area contributed by atoms with Gasteiger partial charge in [-0.05, 0) is 30.7 Å². The summed E-state index contributed by atoms with van der Waals surface area (Å²) in [6.07, 6.45) is 0. The lowest BCUT2D eigenvalue weighted by Crippen LogP contribution is -2.22. The van der Waals surface area contributed by atoms with Crippen LogP contribution in [-0.2, 0) is 19.0 Å². The van der Waals surface area contributed by atoms with Crippen molar-refractivity contribution in [1.82, 2.24) is 0 Å². The third-order valence-corrected chi connectivity index (χ3v) is 5.15. The highest BCUT2D eigenvalue weighted by molar-refractivity contribution is 7.18. The molecule has 0 aliphatic heterocycles. The predicted molar refractivity (Wildman–Crippen MR) is 107 cm³/mol. The molecule has 0 saturated heterocycles. The van der Waals surface area contributed by atoms with E-state index in [0.29, 0.717) is 5.56 Å². The molecule has 0 saturated carbocycles. The molecule has 3 N–H and O–H groups in total. The summed E-state index contributed by atoms with van der Waals surface area (Å²) in [6.45, 7) is 0.864. The van der Waals surface area contributed by atoms with Gasteiger partial charge in [0.15, 0.2) is 6.61 Å². The van der Waals surface area contributed by atoms with E-state index >= 15 is 0 Å². The number of halogens is 1. The van der Waals surface area contributed by atoms with E-state index in [0.717, 1.165) is 11.3 Å². The number of ether oxygens (including phenoxy) is 3. The van der Waals surface area contributed by atoms with Gasteiger partial charge in [-0.1, -0.05) is 11.6 Å². The zero-order chi connectivity index (χ0) is 21.7. The van der Waals surface area contributed by atoms with Crippen LogP contribution in [0.4, 0.5) is 10.7 Å². The van der Waals surface area contributed by atoms with E-state index in [1.807, 2.05) is 0 Å². The van der Waals surface area contributed by atoms with Gasteiger partial charge in [-0.15, -0.1) is 11.3 Å². The van der Waals surface area contributed by atoms with Crippen LogP contribution in [0.5, 0.6) is 0 Å². The maximum Gasteiger partial charge on any atom is 0.348 e. The van der Waals surface area contributed by atoms with Crippen LogP contribution in [0.1, 0.15) is 36.0 Å². The summed E-state index contributed by atoms with van der Waals surface area (Å²) in [4.78, 5) is 48.4. The fourth-order valence-electron chi connectivity index (χ4n) is 2.31. The van der Waals surface area contributed by atoms with Gasteiger partial charge in [-0.25, -0.2) is 14.4 Å². The molecule has 0 aliphatic rings. The molecule has 1 aromatic heterocycles. The molecule has 9 nitrogen and oxygen atoms in total. The average Bonchev–Trinajstić information content (AvgIpc) is 3.02. The van der Waals surface area contributed by atoms with Crippen molar-refractivity contribution in [3.63, 3.8) is 0 Å². The highest BCUT2D eigenvalue weighted by Crippen LogP contribution is 2.34. The molecular weight excluding hydrogens is 424 g/mol. The third-order valence-electron chi connectivity index (χ3n) is 3.73. The summed E-state index contributed by atoms with van der Waals surface area (Å²) in [7, 11) is 2.36. The van der Waals surface area contributed by atoms with Crippen molar-refractivity contribution in [3.8, 4) is 0 Å². The Bertz CT molecular complexity index is 987. The molecule has 154 valence electrons. The van der Waals surface area contributed by atoms with Gasteiger partial charge in [0.1, 0.15) is 9.88 Å². The number of amides is 1. The van der Waals surface area contributed by atoms with Crippen molar-refractivity contribution in [2.24, 2.45) is 0 Å². The Morgan fingerprint density at radius 2 is 1.76 bits per heavy atom. The van der Waals surface area contributed by atoms with E-state index in [-0.39, 0.29) is 31.7 Å². The van der Waals surface area contributed by atoms with Crippen LogP contribution in [0.2, 0.25) is 5.02 Å². The second-order valence-corrected chi connectivity index (χ2v) is 7.06. The number of benzene rings is 1. The fourth-order valence-corrected chi connectivity index (χ4v) is 3.62. The first kappa shape index (κ1) is 22.2. The van der Waals surface area contributed by atoms with Gasteiger partial charge in [-0.2, -0.15) is 0 Å². The molecule has 29 heavy (non-hydrogen) atoms. The smallest absolute Gasteiger partial charge is 0.348 e. The second kappa shape index (κ2) is 9.39. The number of methoxy groups -OCH3 is 2. The van der Waals surface area contributed by atoms with Crippen LogP contribution in [0, 0.1) is 6.92 Å². The van der Waals surface area contributed by atoms with E-state index in [2.05, 4.69) is 10.1 Å². The first-order valence-electron chi connectivity index (χ1n) is 8.01. The number of nitrogens with two attached hydrogens (primary N) is 1. The Kier molecular flexibility index (Phi) is 7.18. The first-order chi connectivity index (χ1) is 13.7. The zero-order valence-electron chi connectivity index (χ0n) is 15.7. The molecule has 1 amide bonds. The summed E-state index contributed by atoms with van der Waals surface area (Å²) in [5.74, 6) is -2.98. The molecule has 0 aliphatic carbocycles. The molecule has 1 heterocycles. The Morgan fingerprint density at radius 3 is 2.38 bits per heavy atom. The minimum atomic E-state index is -0.842. The number of hydrogen-bond acceptors (Lipinski definition) is 9.